The van der Waals surface area contributed by atoms with E-state index in [4.69, 9.17) is 4.74 Å². The Morgan fingerprint density at radius 1 is 1.47 bits per heavy atom. The fourth-order valence-corrected chi connectivity index (χ4v) is 1.80. The van der Waals surface area contributed by atoms with Crippen LogP contribution in [0.1, 0.15) is 40.0 Å². The fraction of sp³-hybridized carbons (Fsp3) is 0.750. The van der Waals surface area contributed by atoms with Gasteiger partial charge in [-0.05, 0) is 20.3 Å². The molecule has 5 nitrogen and oxygen atoms in total. The number of esters is 1. The van der Waals surface area contributed by atoms with Crippen molar-refractivity contribution in [1.29, 1.82) is 0 Å². The molecule has 0 aliphatic carbocycles. The number of carbonyl (C=O) groups excluding carboxylic acids is 2. The van der Waals surface area contributed by atoms with Gasteiger partial charge in [-0.25, -0.2) is 0 Å². The van der Waals surface area contributed by atoms with Crippen molar-refractivity contribution < 1.29 is 14.3 Å². The van der Waals surface area contributed by atoms with Crippen molar-refractivity contribution in [2.45, 2.75) is 46.1 Å². The van der Waals surface area contributed by atoms with E-state index < -0.39 is 11.9 Å². The summed E-state index contributed by atoms with van der Waals surface area (Å²) in [6.45, 7) is 5.85. The summed E-state index contributed by atoms with van der Waals surface area (Å²) in [5.74, 6) is -0.905. The number of carbonyl (C=O) groups is 2. The van der Waals surface area contributed by atoms with Crippen LogP contribution in [0.25, 0.3) is 0 Å². The molecule has 0 aromatic heterocycles. The Morgan fingerprint density at radius 3 is 2.71 bits per heavy atom. The second kappa shape index (κ2) is 6.37. The summed E-state index contributed by atoms with van der Waals surface area (Å²) in [6, 6.07) is -0.338. The van der Waals surface area contributed by atoms with Gasteiger partial charge in [0.1, 0.15) is 5.84 Å². The molecule has 0 aromatic carbocycles. The van der Waals surface area contributed by atoms with E-state index in [0.29, 0.717) is 5.84 Å². The summed E-state index contributed by atoms with van der Waals surface area (Å²) in [6.07, 6.45) is 2.78. The number of amides is 1. The highest BCUT2D eigenvalue weighted by atomic mass is 16.5. The number of hydrogen-bond donors (Lipinski definition) is 1. The molecule has 0 saturated carbocycles. The lowest BCUT2D eigenvalue weighted by atomic mass is 9.98. The van der Waals surface area contributed by atoms with E-state index in [-0.39, 0.29) is 18.6 Å². The maximum atomic E-state index is 11.8. The van der Waals surface area contributed by atoms with Crippen molar-refractivity contribution in [2.75, 3.05) is 6.61 Å². The second-order valence-electron chi connectivity index (χ2n) is 4.14. The van der Waals surface area contributed by atoms with E-state index in [1.807, 2.05) is 0 Å². The molecule has 1 rings (SSSR count). The second-order valence-corrected chi connectivity index (χ2v) is 4.14. The van der Waals surface area contributed by atoms with Crippen molar-refractivity contribution in [3.63, 3.8) is 0 Å². The average molecular weight is 240 g/mol. The van der Waals surface area contributed by atoms with Gasteiger partial charge in [-0.1, -0.05) is 13.3 Å². The number of hydrogen-bond acceptors (Lipinski definition) is 4. The minimum atomic E-state index is -0.805. The Labute approximate surface area is 102 Å². The summed E-state index contributed by atoms with van der Waals surface area (Å²) >= 11 is 0. The van der Waals surface area contributed by atoms with E-state index in [9.17, 15) is 9.59 Å². The van der Waals surface area contributed by atoms with E-state index in [0.717, 1.165) is 19.3 Å². The molecule has 5 heteroatoms. The van der Waals surface area contributed by atoms with Crippen LogP contribution in [0.4, 0.5) is 0 Å². The average Bonchev–Trinajstić information content (AvgIpc) is 2.25. The number of nitrogens with zero attached hydrogens (tertiary/aromatic N) is 1. The van der Waals surface area contributed by atoms with Gasteiger partial charge < -0.3 is 10.1 Å². The molecule has 0 bridgehead atoms. The third-order valence-electron chi connectivity index (χ3n) is 2.70. The van der Waals surface area contributed by atoms with Crippen molar-refractivity contribution in [2.24, 2.45) is 10.9 Å². The van der Waals surface area contributed by atoms with Crippen molar-refractivity contribution >= 4 is 17.7 Å². The first-order valence-corrected chi connectivity index (χ1v) is 6.14. The predicted octanol–water partition coefficient (Wildman–Crippen LogP) is 1.27. The highest BCUT2D eigenvalue weighted by Gasteiger charge is 2.37. The van der Waals surface area contributed by atoms with Crippen LogP contribution in [0.2, 0.25) is 0 Å². The number of rotatable bonds is 5. The smallest absolute Gasteiger partial charge is 0.320 e. The van der Waals surface area contributed by atoms with Crippen LogP contribution in [0.3, 0.4) is 0 Å². The first kappa shape index (κ1) is 13.7. The van der Waals surface area contributed by atoms with Gasteiger partial charge in [0.15, 0.2) is 5.92 Å². The lowest BCUT2D eigenvalue weighted by molar-refractivity contribution is -0.152. The van der Waals surface area contributed by atoms with Gasteiger partial charge >= 0.3 is 5.97 Å². The van der Waals surface area contributed by atoms with Crippen LogP contribution in [-0.4, -0.2) is 30.4 Å². The Bertz CT molecular complexity index is 326. The summed E-state index contributed by atoms with van der Waals surface area (Å²) in [7, 11) is 0. The fourth-order valence-electron chi connectivity index (χ4n) is 1.80. The highest BCUT2D eigenvalue weighted by molar-refractivity contribution is 6.09. The lowest BCUT2D eigenvalue weighted by Gasteiger charge is -2.25. The zero-order valence-corrected chi connectivity index (χ0v) is 10.7. The number of ether oxygens (including phenoxy) is 1. The number of unbranched alkanes of at least 4 members (excludes halogenated alkanes) is 1. The highest BCUT2D eigenvalue weighted by Crippen LogP contribution is 2.16. The first-order chi connectivity index (χ1) is 8.10. The molecule has 0 aromatic rings. The maximum Gasteiger partial charge on any atom is 0.320 e. The quantitative estimate of drug-likeness (QED) is 0.581. The monoisotopic (exact) mass is 240 g/mol. The van der Waals surface area contributed by atoms with Gasteiger partial charge in [0.2, 0.25) is 5.91 Å². The predicted molar refractivity (Wildman–Crippen MR) is 64.7 cm³/mol. The van der Waals surface area contributed by atoms with Gasteiger partial charge in [0.05, 0.1) is 12.6 Å². The molecule has 2 atom stereocenters. The van der Waals surface area contributed by atoms with Crippen molar-refractivity contribution in [1.82, 2.24) is 5.32 Å². The molecule has 17 heavy (non-hydrogen) atoms. The molecule has 0 saturated heterocycles. The van der Waals surface area contributed by atoms with Crippen LogP contribution in [-0.2, 0) is 14.3 Å². The van der Waals surface area contributed by atoms with Gasteiger partial charge in [0.25, 0.3) is 0 Å². The van der Waals surface area contributed by atoms with Crippen LogP contribution >= 0.6 is 0 Å². The molecule has 1 aliphatic heterocycles. The minimum absolute atomic E-state index is 0.280. The molecular formula is C12H20N2O3. The van der Waals surface area contributed by atoms with Gasteiger partial charge in [-0.15, -0.1) is 0 Å². The SMILES string of the molecule is CCCCC1=N[C@@H](C)[C@H](C(=O)OCC)C(=O)N1. The Morgan fingerprint density at radius 2 is 2.18 bits per heavy atom. The molecule has 0 radical (unpaired) electrons. The van der Waals surface area contributed by atoms with Gasteiger partial charge in [0, 0.05) is 6.42 Å². The lowest BCUT2D eigenvalue weighted by Crippen LogP contribution is -2.48. The Balaban J connectivity index is 2.69. The van der Waals surface area contributed by atoms with Crippen LogP contribution in [0.5, 0.6) is 0 Å². The zero-order valence-electron chi connectivity index (χ0n) is 10.7. The van der Waals surface area contributed by atoms with Crippen molar-refractivity contribution in [3.05, 3.63) is 0 Å². The normalized spacial score (nSPS) is 23.9. The molecule has 1 aliphatic rings. The number of aliphatic imine (C=N–C) groups is 1. The third-order valence-corrected chi connectivity index (χ3v) is 2.70. The summed E-state index contributed by atoms with van der Waals surface area (Å²) in [5, 5.41) is 2.68. The number of nitrogens with one attached hydrogen (secondary N) is 1. The molecule has 1 heterocycles. The van der Waals surface area contributed by atoms with E-state index in [2.05, 4.69) is 17.2 Å². The molecular weight excluding hydrogens is 220 g/mol. The minimum Gasteiger partial charge on any atom is -0.465 e. The molecule has 1 N–H and O–H groups in total. The summed E-state index contributed by atoms with van der Waals surface area (Å²) in [5.41, 5.74) is 0. The third kappa shape index (κ3) is 3.54. The zero-order chi connectivity index (χ0) is 12.8. The summed E-state index contributed by atoms with van der Waals surface area (Å²) in [4.78, 5) is 27.7. The van der Waals surface area contributed by atoms with Crippen molar-refractivity contribution in [3.8, 4) is 0 Å². The first-order valence-electron chi connectivity index (χ1n) is 6.14. The largest absolute Gasteiger partial charge is 0.465 e. The Hall–Kier alpha value is -1.39. The maximum absolute atomic E-state index is 11.8. The van der Waals surface area contributed by atoms with Crippen LogP contribution in [0, 0.1) is 5.92 Å². The summed E-state index contributed by atoms with van der Waals surface area (Å²) < 4.78 is 4.87. The van der Waals surface area contributed by atoms with E-state index in [1.54, 1.807) is 13.8 Å². The molecule has 96 valence electrons. The topological polar surface area (TPSA) is 67.8 Å². The van der Waals surface area contributed by atoms with Gasteiger partial charge in [-0.2, -0.15) is 0 Å². The van der Waals surface area contributed by atoms with Crippen LogP contribution < -0.4 is 5.32 Å². The van der Waals surface area contributed by atoms with E-state index in [1.165, 1.54) is 0 Å². The molecule has 1 amide bonds. The molecule has 0 spiro atoms. The van der Waals surface area contributed by atoms with Gasteiger partial charge in [-0.3, -0.25) is 14.6 Å². The van der Waals surface area contributed by atoms with Crippen LogP contribution in [0.15, 0.2) is 4.99 Å². The number of amidine groups is 1. The Kier molecular flexibility index (Phi) is 5.12. The van der Waals surface area contributed by atoms with E-state index >= 15 is 0 Å². The standard InChI is InChI=1S/C12H20N2O3/c1-4-6-7-9-13-8(3)10(11(15)14-9)12(16)17-5-2/h8,10H,4-7H2,1-3H3,(H,13,14,15)/t8-,10-/m0/s1. The molecule has 0 unspecified atom stereocenters. The molecule has 0 fully saturated rings.